The van der Waals surface area contributed by atoms with Crippen LogP contribution in [0.3, 0.4) is 0 Å². The lowest BCUT2D eigenvalue weighted by Crippen LogP contribution is -2.51. The Bertz CT molecular complexity index is 1020. The average molecular weight is 496 g/mol. The molecule has 0 unspecified atom stereocenters. The molecule has 33 heavy (non-hydrogen) atoms. The molecular formula is C21H29N5O5S2. The number of nitrogens with one attached hydrogen (secondary N) is 2. The number of imide groups is 1. The summed E-state index contributed by atoms with van der Waals surface area (Å²) in [4.78, 5) is 41.8. The van der Waals surface area contributed by atoms with Crippen molar-refractivity contribution in [1.29, 1.82) is 0 Å². The van der Waals surface area contributed by atoms with Crippen LogP contribution < -0.4 is 10.7 Å². The SMILES string of the molecule is CC1CCC2(CC1)NC(=O)N(NC(=O)CSc1ccc(S(=O)(=O)N3CCCCC3)cn1)C2=O. The maximum absolute atomic E-state index is 12.8. The fraction of sp³-hybridized carbons (Fsp3) is 0.619. The number of aromatic nitrogens is 1. The van der Waals surface area contributed by atoms with E-state index in [1.54, 1.807) is 6.07 Å². The van der Waals surface area contributed by atoms with Crippen LogP contribution in [-0.2, 0) is 19.6 Å². The van der Waals surface area contributed by atoms with Crippen LogP contribution in [0.1, 0.15) is 51.9 Å². The van der Waals surface area contributed by atoms with Gasteiger partial charge < -0.3 is 5.32 Å². The molecule has 3 heterocycles. The summed E-state index contributed by atoms with van der Waals surface area (Å²) in [6, 6.07) is 2.43. The minimum atomic E-state index is -3.56. The molecule has 4 amide bonds. The summed E-state index contributed by atoms with van der Waals surface area (Å²) in [5, 5.41) is 4.01. The van der Waals surface area contributed by atoms with Crippen LogP contribution in [0.2, 0.25) is 0 Å². The van der Waals surface area contributed by atoms with Crippen LogP contribution in [0.25, 0.3) is 0 Å². The molecule has 1 aliphatic carbocycles. The van der Waals surface area contributed by atoms with Gasteiger partial charge >= 0.3 is 6.03 Å². The Balaban J connectivity index is 1.31. The van der Waals surface area contributed by atoms with Gasteiger partial charge in [0.15, 0.2) is 0 Å². The van der Waals surface area contributed by atoms with Crippen LogP contribution in [0.15, 0.2) is 28.3 Å². The number of piperidine rings is 1. The molecule has 3 aliphatic rings. The molecule has 0 bridgehead atoms. The van der Waals surface area contributed by atoms with Crippen LogP contribution in [0, 0.1) is 5.92 Å². The van der Waals surface area contributed by atoms with Gasteiger partial charge in [0.25, 0.3) is 5.91 Å². The number of thioether (sulfide) groups is 1. The van der Waals surface area contributed by atoms with E-state index in [9.17, 15) is 22.8 Å². The van der Waals surface area contributed by atoms with E-state index in [-0.39, 0.29) is 10.6 Å². The van der Waals surface area contributed by atoms with Gasteiger partial charge in [-0.3, -0.25) is 15.0 Å². The molecule has 1 aromatic rings. The minimum Gasteiger partial charge on any atom is -0.322 e. The van der Waals surface area contributed by atoms with Crippen LogP contribution >= 0.6 is 11.8 Å². The van der Waals surface area contributed by atoms with Gasteiger partial charge in [0.1, 0.15) is 10.4 Å². The third kappa shape index (κ3) is 5.02. The van der Waals surface area contributed by atoms with Crippen molar-refractivity contribution < 1.29 is 22.8 Å². The number of carbonyl (C=O) groups is 3. The zero-order chi connectivity index (χ0) is 23.6. The third-order valence-corrected chi connectivity index (χ3v) is 9.37. The zero-order valence-corrected chi connectivity index (χ0v) is 20.2. The second-order valence-corrected chi connectivity index (χ2v) is 11.9. The van der Waals surface area contributed by atoms with Gasteiger partial charge in [-0.2, -0.15) is 9.31 Å². The molecule has 2 aliphatic heterocycles. The van der Waals surface area contributed by atoms with Gasteiger partial charge in [-0.05, 0) is 56.6 Å². The molecule has 180 valence electrons. The van der Waals surface area contributed by atoms with Gasteiger partial charge in [-0.1, -0.05) is 25.1 Å². The van der Waals surface area contributed by atoms with E-state index in [0.29, 0.717) is 36.9 Å². The highest BCUT2D eigenvalue weighted by molar-refractivity contribution is 7.99. The van der Waals surface area contributed by atoms with Crippen molar-refractivity contribution in [3.63, 3.8) is 0 Å². The summed E-state index contributed by atoms with van der Waals surface area (Å²) in [6.07, 6.45) is 6.87. The molecule has 3 fully saturated rings. The minimum absolute atomic E-state index is 0.0771. The van der Waals surface area contributed by atoms with Crippen molar-refractivity contribution in [2.24, 2.45) is 5.92 Å². The molecule has 10 nitrogen and oxygen atoms in total. The maximum atomic E-state index is 12.8. The van der Waals surface area contributed by atoms with Gasteiger partial charge in [0.05, 0.1) is 10.8 Å². The van der Waals surface area contributed by atoms with Gasteiger partial charge in [0.2, 0.25) is 15.9 Å². The van der Waals surface area contributed by atoms with E-state index in [4.69, 9.17) is 0 Å². The average Bonchev–Trinajstić information content (AvgIpc) is 3.04. The van der Waals surface area contributed by atoms with E-state index in [2.05, 4.69) is 22.7 Å². The molecule has 0 aromatic carbocycles. The molecule has 1 aromatic heterocycles. The number of hydrogen-bond donors (Lipinski definition) is 2. The monoisotopic (exact) mass is 495 g/mol. The maximum Gasteiger partial charge on any atom is 0.344 e. The molecular weight excluding hydrogens is 466 g/mol. The molecule has 4 rings (SSSR count). The predicted octanol–water partition coefficient (Wildman–Crippen LogP) is 1.88. The predicted molar refractivity (Wildman–Crippen MR) is 121 cm³/mol. The van der Waals surface area contributed by atoms with Crippen molar-refractivity contribution in [3.8, 4) is 0 Å². The lowest BCUT2D eigenvalue weighted by Gasteiger charge is -2.33. The Labute approximate surface area is 197 Å². The van der Waals surface area contributed by atoms with Crippen molar-refractivity contribution in [3.05, 3.63) is 18.3 Å². The molecule has 1 saturated carbocycles. The number of pyridine rings is 1. The van der Waals surface area contributed by atoms with Gasteiger partial charge in [-0.15, -0.1) is 0 Å². The Morgan fingerprint density at radius 3 is 2.55 bits per heavy atom. The van der Waals surface area contributed by atoms with Gasteiger partial charge in [-0.25, -0.2) is 18.2 Å². The number of hydrogen-bond acceptors (Lipinski definition) is 7. The second-order valence-electron chi connectivity index (χ2n) is 8.96. The first kappa shape index (κ1) is 24.0. The van der Waals surface area contributed by atoms with E-state index >= 15 is 0 Å². The second kappa shape index (κ2) is 9.59. The van der Waals surface area contributed by atoms with Crippen LogP contribution in [-0.4, -0.2) is 64.9 Å². The summed E-state index contributed by atoms with van der Waals surface area (Å²) in [6.45, 7) is 3.15. The molecule has 0 radical (unpaired) electrons. The summed E-state index contributed by atoms with van der Waals surface area (Å²) >= 11 is 1.10. The molecule has 12 heteroatoms. The summed E-state index contributed by atoms with van der Waals surface area (Å²) in [5.41, 5.74) is 1.48. The Morgan fingerprint density at radius 1 is 1.21 bits per heavy atom. The summed E-state index contributed by atoms with van der Waals surface area (Å²) in [7, 11) is -3.56. The van der Waals surface area contributed by atoms with Crippen molar-refractivity contribution >= 4 is 39.6 Å². The fourth-order valence-corrected chi connectivity index (χ4v) is 6.57. The highest BCUT2D eigenvalue weighted by Gasteiger charge is 2.52. The largest absolute Gasteiger partial charge is 0.344 e. The highest BCUT2D eigenvalue weighted by atomic mass is 32.2. The number of hydrazine groups is 1. The Morgan fingerprint density at radius 2 is 1.91 bits per heavy atom. The molecule has 2 saturated heterocycles. The van der Waals surface area contributed by atoms with Crippen LogP contribution in [0.5, 0.6) is 0 Å². The number of nitrogens with zero attached hydrogens (tertiary/aromatic N) is 3. The smallest absolute Gasteiger partial charge is 0.322 e. The standard InChI is InChI=1S/C21H29N5O5S2/c1-15-7-9-21(10-8-15)19(28)26(20(29)23-21)24-17(27)14-32-18-6-5-16(13-22-18)33(30,31)25-11-3-2-4-12-25/h5-6,13,15H,2-4,7-12,14H2,1H3,(H,23,29)(H,24,27). The summed E-state index contributed by atoms with van der Waals surface area (Å²) < 4.78 is 26.9. The van der Waals surface area contributed by atoms with Crippen molar-refractivity contribution in [2.75, 3.05) is 18.8 Å². The number of carbonyl (C=O) groups excluding carboxylic acids is 3. The topological polar surface area (TPSA) is 129 Å². The Hall–Kier alpha value is -2.18. The first-order valence-corrected chi connectivity index (χ1v) is 13.7. The number of sulfonamides is 1. The molecule has 1 spiro atoms. The van der Waals surface area contributed by atoms with Crippen molar-refractivity contribution in [2.45, 2.75) is 67.3 Å². The van der Waals surface area contributed by atoms with E-state index < -0.39 is 33.4 Å². The normalized spacial score (nSPS) is 26.5. The Kier molecular flexibility index (Phi) is 6.96. The first-order valence-electron chi connectivity index (χ1n) is 11.3. The third-order valence-electron chi connectivity index (χ3n) is 6.54. The lowest BCUT2D eigenvalue weighted by molar-refractivity contribution is -0.139. The number of rotatable bonds is 6. The number of amides is 4. The van der Waals surface area contributed by atoms with Crippen LogP contribution in [0.4, 0.5) is 4.79 Å². The molecule has 0 atom stereocenters. The van der Waals surface area contributed by atoms with Gasteiger partial charge in [0, 0.05) is 19.3 Å². The van der Waals surface area contributed by atoms with E-state index in [1.807, 2.05) is 0 Å². The fourth-order valence-electron chi connectivity index (χ4n) is 4.47. The van der Waals surface area contributed by atoms with Crippen molar-refractivity contribution in [1.82, 2.24) is 25.0 Å². The number of urea groups is 1. The summed E-state index contributed by atoms with van der Waals surface area (Å²) in [5.74, 6) is -0.499. The zero-order valence-electron chi connectivity index (χ0n) is 18.6. The highest BCUT2D eigenvalue weighted by Crippen LogP contribution is 2.35. The lowest BCUT2D eigenvalue weighted by atomic mass is 9.77. The first-order chi connectivity index (χ1) is 15.7. The molecule has 2 N–H and O–H groups in total. The van der Waals surface area contributed by atoms with E-state index in [1.165, 1.54) is 16.6 Å². The quantitative estimate of drug-likeness (QED) is 0.455. The van der Waals surface area contributed by atoms with E-state index in [0.717, 1.165) is 48.9 Å².